The molecule has 4 aliphatic carbocycles. The lowest BCUT2D eigenvalue weighted by atomic mass is 9.43. The van der Waals surface area contributed by atoms with Crippen molar-refractivity contribution >= 4 is 11.9 Å². The van der Waals surface area contributed by atoms with Crippen molar-refractivity contribution in [1.82, 2.24) is 29.9 Å². The van der Waals surface area contributed by atoms with Crippen molar-refractivity contribution in [3.63, 3.8) is 0 Å². The fourth-order valence-corrected chi connectivity index (χ4v) is 13.6. The van der Waals surface area contributed by atoms with Gasteiger partial charge in [0.05, 0.1) is 31.1 Å². The van der Waals surface area contributed by atoms with Crippen LogP contribution in [0.25, 0.3) is 0 Å². The van der Waals surface area contributed by atoms with Crippen LogP contribution < -0.4 is 16.6 Å². The molecule has 7 unspecified atom stereocenters. The Morgan fingerprint density at radius 3 is 2.52 bits per heavy atom. The second-order valence-corrected chi connectivity index (χ2v) is 21.0. The normalized spacial score (nSPS) is 37.9. The van der Waals surface area contributed by atoms with Crippen molar-refractivity contribution in [3.8, 4) is 0 Å². The fourth-order valence-electron chi connectivity index (χ4n) is 13.6. The highest BCUT2D eigenvalue weighted by atomic mass is 16.8. The van der Waals surface area contributed by atoms with E-state index in [0.29, 0.717) is 25.0 Å². The minimum Gasteiger partial charge on any atom is -0.457 e. The first-order valence-electron chi connectivity index (χ1n) is 23.7. The van der Waals surface area contributed by atoms with Crippen molar-refractivity contribution in [2.75, 3.05) is 0 Å². The van der Waals surface area contributed by atoms with Crippen LogP contribution in [0.4, 0.5) is 0 Å². The fraction of sp³-hybridized carbons (Fsp3) is 0.708. The molecule has 2 saturated heterocycles. The Bertz CT molecular complexity index is 2320. The van der Waals surface area contributed by atoms with Gasteiger partial charge in [0.25, 0.3) is 5.56 Å². The minimum absolute atomic E-state index is 0.000525. The maximum absolute atomic E-state index is 13.7. The van der Waals surface area contributed by atoms with Gasteiger partial charge in [-0.3, -0.25) is 19.1 Å². The van der Waals surface area contributed by atoms with Gasteiger partial charge in [0, 0.05) is 25.1 Å². The van der Waals surface area contributed by atoms with Crippen molar-refractivity contribution < 1.29 is 43.9 Å². The predicted octanol–water partition coefficient (Wildman–Crippen LogP) is 3.39. The summed E-state index contributed by atoms with van der Waals surface area (Å²) in [6, 6.07) is 9.71. The second-order valence-electron chi connectivity index (χ2n) is 21.0. The average molecular weight is 903 g/mol. The number of aromatic amines is 1. The van der Waals surface area contributed by atoms with Crippen molar-refractivity contribution in [2.45, 2.75) is 167 Å². The molecule has 4 saturated carbocycles. The van der Waals surface area contributed by atoms with Gasteiger partial charge < -0.3 is 39.6 Å². The van der Waals surface area contributed by atoms with Crippen molar-refractivity contribution in [3.05, 3.63) is 80.9 Å². The molecule has 9 rings (SSSR count). The Morgan fingerprint density at radius 1 is 0.985 bits per heavy atom. The molecule has 65 heavy (non-hydrogen) atoms. The Kier molecular flexibility index (Phi) is 12.5. The number of benzene rings is 1. The van der Waals surface area contributed by atoms with Crippen molar-refractivity contribution in [2.24, 2.45) is 46.3 Å². The largest absolute Gasteiger partial charge is 0.457 e. The minimum atomic E-state index is -0.959. The van der Waals surface area contributed by atoms with Crippen LogP contribution in [-0.2, 0) is 48.1 Å². The number of carbonyl (C=O) groups is 2. The lowest BCUT2D eigenvalue weighted by Crippen LogP contribution is -2.62. The van der Waals surface area contributed by atoms with Crippen LogP contribution in [0, 0.1) is 46.3 Å². The van der Waals surface area contributed by atoms with Crippen LogP contribution >= 0.6 is 0 Å². The smallest absolute Gasteiger partial charge is 0.330 e. The van der Waals surface area contributed by atoms with Crippen LogP contribution in [0.5, 0.6) is 0 Å². The van der Waals surface area contributed by atoms with E-state index in [0.717, 1.165) is 37.7 Å². The molecular weight excluding hydrogens is 837 g/mol. The highest BCUT2D eigenvalue weighted by molar-refractivity contribution is 5.84. The number of nitrogens with one attached hydrogen (secondary N) is 2. The number of rotatable bonds is 13. The number of ether oxygens (including phenoxy) is 4. The number of nitrogens with zero attached hydrogens (tertiary/aromatic N) is 4. The second kappa shape index (κ2) is 17.8. The van der Waals surface area contributed by atoms with Crippen LogP contribution in [-0.4, -0.2) is 100 Å². The molecule has 5 N–H and O–H groups in total. The lowest BCUT2D eigenvalue weighted by Gasteiger charge is -2.63. The SMILES string of the molecule is CC(CCC(=O)N[C@@H](Cc1ccccc1)C(=O)OCc1cn(CC2OC(n3ccc(=O)[nH]c3=O)[C@@H]3OC(C)(C)O[C@H]23)nn1)[C@H]1CCC2C3C(C[C@H](O)[C@@]21C)[C@@]1(C)CC[C@@H](O)CC1C[C@H]3O. The van der Waals surface area contributed by atoms with Crippen LogP contribution in [0.15, 0.2) is 58.4 Å². The van der Waals surface area contributed by atoms with Gasteiger partial charge in [0.1, 0.15) is 36.7 Å². The molecule has 4 heterocycles. The first-order valence-corrected chi connectivity index (χ1v) is 23.7. The number of aliphatic hydroxyl groups is 3. The van der Waals surface area contributed by atoms with E-state index < -0.39 is 65.8 Å². The average Bonchev–Trinajstić information content (AvgIpc) is 4.02. The summed E-state index contributed by atoms with van der Waals surface area (Å²) in [5.74, 6) is -0.745. The molecule has 0 bridgehead atoms. The third-order valence-electron chi connectivity index (χ3n) is 16.8. The summed E-state index contributed by atoms with van der Waals surface area (Å²) in [5.41, 5.74) is -0.317. The highest BCUT2D eigenvalue weighted by Crippen LogP contribution is 2.68. The Hall–Kier alpha value is -4.26. The van der Waals surface area contributed by atoms with Gasteiger partial charge >= 0.3 is 11.7 Å². The topological polar surface area (TPSA) is 229 Å². The molecule has 17 nitrogen and oxygen atoms in total. The standard InChI is InChI=1S/C48H66N6O11/c1-26(31-12-13-32-40-33(22-37(57)48(31,32)5)47(4)17-15-30(55)20-28(47)21-35(40)56)11-14-38(58)49-34(19-27-9-7-6-8-10-27)44(60)62-25-29-23-53(52-51-29)24-36-41-42(65-46(2,3)64-41)43(63-36)54-18-16-39(59)50-45(54)61/h6-10,16,18,23,26,28,30-37,40-43,55-57H,11-15,17,19-22,24-25H2,1-5H3,(H,49,58)(H,50,59,61)/t26?,28?,30-,31-,32?,33?,34+,35-,36?,37+,40?,41-,42-,43?,47+,48-/m1/s1. The molecule has 6 aliphatic rings. The molecule has 2 aliphatic heterocycles. The van der Waals surface area contributed by atoms with Gasteiger partial charge in [-0.2, -0.15) is 0 Å². The summed E-state index contributed by atoms with van der Waals surface area (Å²) < 4.78 is 27.1. The lowest BCUT2D eigenvalue weighted by molar-refractivity contribution is -0.207. The number of aromatic nitrogens is 5. The van der Waals surface area contributed by atoms with Crippen LogP contribution in [0.1, 0.15) is 110 Å². The van der Waals surface area contributed by atoms with Gasteiger partial charge in [0.2, 0.25) is 5.91 Å². The molecule has 1 aromatic carbocycles. The molecule has 0 radical (unpaired) electrons. The highest BCUT2D eigenvalue weighted by Gasteiger charge is 2.66. The van der Waals surface area contributed by atoms with E-state index in [-0.39, 0.29) is 84.3 Å². The summed E-state index contributed by atoms with van der Waals surface area (Å²) in [7, 11) is 0. The number of hydrogen-bond donors (Lipinski definition) is 5. The van der Waals surface area contributed by atoms with Crippen molar-refractivity contribution in [1.29, 1.82) is 0 Å². The van der Waals surface area contributed by atoms with E-state index in [9.17, 15) is 34.5 Å². The Labute approximate surface area is 378 Å². The first kappa shape index (κ1) is 45.9. The summed E-state index contributed by atoms with van der Waals surface area (Å²) in [6.07, 6.45) is 5.70. The molecule has 3 aromatic rings. The molecular formula is C48H66N6O11. The van der Waals surface area contributed by atoms with E-state index in [4.69, 9.17) is 18.9 Å². The summed E-state index contributed by atoms with van der Waals surface area (Å²) >= 11 is 0. The third-order valence-corrected chi connectivity index (χ3v) is 16.8. The third kappa shape index (κ3) is 8.77. The van der Waals surface area contributed by atoms with E-state index in [2.05, 4.69) is 41.4 Å². The monoisotopic (exact) mass is 902 g/mol. The van der Waals surface area contributed by atoms with E-state index >= 15 is 0 Å². The molecule has 354 valence electrons. The number of carbonyl (C=O) groups excluding carboxylic acids is 2. The molecule has 16 atom stereocenters. The van der Waals surface area contributed by atoms with E-state index in [1.54, 1.807) is 20.0 Å². The Morgan fingerprint density at radius 2 is 1.75 bits per heavy atom. The molecule has 1 amide bonds. The van der Waals surface area contributed by atoms with Gasteiger partial charge in [0.15, 0.2) is 12.0 Å². The maximum Gasteiger partial charge on any atom is 0.330 e. The summed E-state index contributed by atoms with van der Waals surface area (Å²) in [4.78, 5) is 54.1. The quantitative estimate of drug-likeness (QED) is 0.155. The molecule has 6 fully saturated rings. The number of hydrogen-bond acceptors (Lipinski definition) is 13. The zero-order valence-corrected chi connectivity index (χ0v) is 38.1. The Balaban J connectivity index is 0.812. The van der Waals surface area contributed by atoms with Gasteiger partial charge in [-0.05, 0) is 117 Å². The summed E-state index contributed by atoms with van der Waals surface area (Å²) in [5, 5.41) is 45.6. The molecule has 0 spiro atoms. The first-order chi connectivity index (χ1) is 30.9. The van der Waals surface area contributed by atoms with E-state index in [1.165, 1.54) is 21.5 Å². The molecule has 2 aromatic heterocycles. The number of amides is 1. The summed E-state index contributed by atoms with van der Waals surface area (Å²) in [6.45, 7) is 10.3. The van der Waals surface area contributed by atoms with Gasteiger partial charge in [-0.1, -0.05) is 56.3 Å². The number of aliphatic hydroxyl groups excluding tert-OH is 3. The van der Waals surface area contributed by atoms with Gasteiger partial charge in [-0.25, -0.2) is 14.3 Å². The zero-order chi connectivity index (χ0) is 46.0. The van der Waals surface area contributed by atoms with Gasteiger partial charge in [-0.15, -0.1) is 5.10 Å². The predicted molar refractivity (Wildman–Crippen MR) is 233 cm³/mol. The van der Waals surface area contributed by atoms with Crippen LogP contribution in [0.3, 0.4) is 0 Å². The van der Waals surface area contributed by atoms with Crippen LogP contribution in [0.2, 0.25) is 0 Å². The van der Waals surface area contributed by atoms with E-state index in [1.807, 2.05) is 30.3 Å². The zero-order valence-electron chi connectivity index (χ0n) is 38.1. The number of esters is 1. The number of H-pyrrole nitrogens is 1. The maximum atomic E-state index is 13.7. The number of fused-ring (bicyclic) bond motifs is 6. The molecule has 17 heteroatoms.